The molecule has 1 aliphatic carbocycles. The highest BCUT2D eigenvalue weighted by atomic mass is 35.5. The first-order valence-corrected chi connectivity index (χ1v) is 13.0. The van der Waals surface area contributed by atoms with Gasteiger partial charge in [-0.25, -0.2) is 9.29 Å². The Kier molecular flexibility index (Phi) is 7.04. The smallest absolute Gasteiger partial charge is 0.263 e. The Balaban J connectivity index is 1.74. The van der Waals surface area contributed by atoms with Gasteiger partial charge in [0.25, 0.3) is 11.8 Å². The van der Waals surface area contributed by atoms with E-state index < -0.39 is 29.5 Å². The monoisotopic (exact) mass is 557 g/mol. The predicted octanol–water partition coefficient (Wildman–Crippen LogP) is 4.71. The van der Waals surface area contributed by atoms with Crippen LogP contribution < -0.4 is 5.73 Å². The van der Waals surface area contributed by atoms with Crippen molar-refractivity contribution in [1.29, 1.82) is 0 Å². The number of nitrogens with two attached hydrogens (primary N) is 1. The number of fused-ring (bicyclic) bond motifs is 1. The van der Waals surface area contributed by atoms with Gasteiger partial charge in [-0.3, -0.25) is 14.6 Å². The van der Waals surface area contributed by atoms with E-state index in [4.69, 9.17) is 33.7 Å². The van der Waals surface area contributed by atoms with Crippen LogP contribution in [0.15, 0.2) is 54.7 Å². The molecule has 198 valence electrons. The van der Waals surface area contributed by atoms with Crippen LogP contribution in [-0.4, -0.2) is 46.1 Å². The highest BCUT2D eigenvalue weighted by molar-refractivity contribution is 6.30. The lowest BCUT2D eigenvalue weighted by Gasteiger charge is -2.39. The zero-order chi connectivity index (χ0) is 27.2. The van der Waals surface area contributed by atoms with Crippen molar-refractivity contribution in [3.63, 3.8) is 0 Å². The number of ether oxygens (including phenoxy) is 1. The van der Waals surface area contributed by atoms with E-state index in [1.165, 1.54) is 25.3 Å². The van der Waals surface area contributed by atoms with Crippen molar-refractivity contribution >= 4 is 35.0 Å². The molecule has 7 nitrogen and oxygen atoms in total. The molecule has 0 bridgehead atoms. The fourth-order valence-electron chi connectivity index (χ4n) is 4.82. The summed E-state index contributed by atoms with van der Waals surface area (Å²) in [5.74, 6) is -2.39. The van der Waals surface area contributed by atoms with E-state index >= 15 is 4.39 Å². The fourth-order valence-corrected chi connectivity index (χ4v) is 5.06. The molecule has 2 atom stereocenters. The molecule has 2 heterocycles. The molecule has 1 aliphatic heterocycles. The fraction of sp³-hybridized carbons (Fsp3) is 0.321. The van der Waals surface area contributed by atoms with Gasteiger partial charge in [0.1, 0.15) is 11.9 Å². The van der Waals surface area contributed by atoms with E-state index in [2.05, 4.69) is 4.98 Å². The minimum absolute atomic E-state index is 0.0271. The van der Waals surface area contributed by atoms with Crippen molar-refractivity contribution in [1.82, 2.24) is 9.88 Å². The quantitative estimate of drug-likeness (QED) is 0.415. The minimum atomic E-state index is -1.92. The topological polar surface area (TPSA) is 106 Å². The van der Waals surface area contributed by atoms with Crippen molar-refractivity contribution in [3.05, 3.63) is 87.4 Å². The second-order valence-corrected chi connectivity index (χ2v) is 10.8. The van der Waals surface area contributed by atoms with E-state index in [0.29, 0.717) is 27.8 Å². The normalized spacial score (nSPS) is 20.4. The molecule has 3 aromatic rings. The summed E-state index contributed by atoms with van der Waals surface area (Å²) in [5.41, 5.74) is 4.77. The van der Waals surface area contributed by atoms with Crippen LogP contribution in [0.25, 0.3) is 11.1 Å². The lowest BCUT2D eigenvalue weighted by Crippen LogP contribution is -2.54. The number of pyridine rings is 1. The molecular formula is C28H26Cl2FN3O4. The Hall–Kier alpha value is -2.88. The first kappa shape index (κ1) is 26.7. The summed E-state index contributed by atoms with van der Waals surface area (Å²) in [4.78, 5) is 32.3. The first-order valence-electron chi connectivity index (χ1n) is 12.2. The van der Waals surface area contributed by atoms with E-state index in [0.717, 1.165) is 17.7 Å². The second-order valence-electron chi connectivity index (χ2n) is 9.93. The lowest BCUT2D eigenvalue weighted by molar-refractivity contribution is -0.178. The number of amides is 2. The van der Waals surface area contributed by atoms with E-state index in [9.17, 15) is 14.7 Å². The summed E-state index contributed by atoms with van der Waals surface area (Å²) in [6.07, 6.45) is 1.32. The van der Waals surface area contributed by atoms with Crippen molar-refractivity contribution in [2.45, 2.75) is 38.0 Å². The number of aliphatic hydroxyl groups is 1. The Bertz CT molecular complexity index is 1390. The number of aliphatic hydroxyl groups excluding tert-OH is 1. The Labute approximate surface area is 229 Å². The molecule has 5 rings (SSSR count). The van der Waals surface area contributed by atoms with Gasteiger partial charge in [-0.15, -0.1) is 0 Å². The van der Waals surface area contributed by atoms with Gasteiger partial charge in [0.15, 0.2) is 5.72 Å². The van der Waals surface area contributed by atoms with E-state index in [-0.39, 0.29) is 35.1 Å². The Morgan fingerprint density at radius 3 is 2.37 bits per heavy atom. The minimum Gasteiger partial charge on any atom is -0.384 e. The lowest BCUT2D eigenvalue weighted by atomic mass is 9.91. The van der Waals surface area contributed by atoms with Crippen molar-refractivity contribution in [2.24, 2.45) is 11.1 Å². The molecule has 38 heavy (non-hydrogen) atoms. The van der Waals surface area contributed by atoms with Gasteiger partial charge in [-0.2, -0.15) is 0 Å². The molecule has 2 amide bonds. The number of benzene rings is 2. The third-order valence-corrected chi connectivity index (χ3v) is 7.75. The van der Waals surface area contributed by atoms with Gasteiger partial charge >= 0.3 is 0 Å². The number of aromatic nitrogens is 1. The van der Waals surface area contributed by atoms with Gasteiger partial charge in [0, 0.05) is 40.9 Å². The molecule has 0 saturated heterocycles. The van der Waals surface area contributed by atoms with Gasteiger partial charge in [0.2, 0.25) is 0 Å². The average Bonchev–Trinajstić information content (AvgIpc) is 3.64. The molecule has 0 spiro atoms. The third-order valence-electron chi connectivity index (χ3n) is 7.28. The number of carbonyl (C=O) groups excluding carboxylic acids is 2. The summed E-state index contributed by atoms with van der Waals surface area (Å²) >= 11 is 12.1. The predicted molar refractivity (Wildman–Crippen MR) is 141 cm³/mol. The third kappa shape index (κ3) is 4.61. The van der Waals surface area contributed by atoms with Crippen LogP contribution in [0.4, 0.5) is 4.39 Å². The van der Waals surface area contributed by atoms with E-state index in [1.807, 2.05) is 0 Å². The van der Waals surface area contributed by atoms with Gasteiger partial charge in [-0.1, -0.05) is 41.4 Å². The second kappa shape index (κ2) is 10.0. The number of rotatable bonds is 8. The van der Waals surface area contributed by atoms with Crippen LogP contribution in [0.2, 0.25) is 10.0 Å². The Morgan fingerprint density at radius 2 is 1.79 bits per heavy atom. The van der Waals surface area contributed by atoms with Crippen LogP contribution in [0.5, 0.6) is 0 Å². The van der Waals surface area contributed by atoms with Crippen molar-refractivity contribution < 1.29 is 23.8 Å². The van der Waals surface area contributed by atoms with Crippen LogP contribution >= 0.6 is 23.2 Å². The molecule has 2 aromatic carbocycles. The van der Waals surface area contributed by atoms with Crippen molar-refractivity contribution in [3.8, 4) is 11.1 Å². The molecular weight excluding hydrogens is 532 g/mol. The standard InChI is InChI=1S/C28H26Cl2FN3O4/c1-16(35)25(36)34-26(37)22-9-8-21(17-2-4-18(29)5-3-17)24(31)23(22)28(34,38-15-27(14-32)10-11-27)12-20-7-6-19(30)13-33-20/h2-9,13,16,35H,10-12,14-15,32H2,1H3. The zero-order valence-corrected chi connectivity index (χ0v) is 22.1. The van der Waals surface area contributed by atoms with Gasteiger partial charge < -0.3 is 15.6 Å². The number of nitrogens with zero attached hydrogens (tertiary/aromatic N) is 2. The molecule has 1 fully saturated rings. The summed E-state index contributed by atoms with van der Waals surface area (Å²) in [5, 5.41) is 11.1. The average molecular weight is 558 g/mol. The SMILES string of the molecule is CC(O)C(=O)N1C(=O)c2ccc(-c3ccc(Cl)cc3)c(F)c2C1(Cc1ccc(Cl)cn1)OCC1(CN)CC1. The van der Waals surface area contributed by atoms with Crippen molar-refractivity contribution in [2.75, 3.05) is 13.2 Å². The molecule has 3 N–H and O–H groups in total. The highest BCUT2D eigenvalue weighted by Crippen LogP contribution is 2.51. The molecule has 10 heteroatoms. The van der Waals surface area contributed by atoms with Crippen LogP contribution in [-0.2, 0) is 21.7 Å². The summed E-state index contributed by atoms with van der Waals surface area (Å²) in [6.45, 7) is 1.67. The number of carbonyl (C=O) groups is 2. The molecule has 1 aromatic heterocycles. The van der Waals surface area contributed by atoms with Gasteiger partial charge in [-0.05, 0) is 55.7 Å². The Morgan fingerprint density at radius 1 is 1.13 bits per heavy atom. The van der Waals surface area contributed by atoms with Crippen LogP contribution in [0.1, 0.15) is 41.4 Å². The maximum Gasteiger partial charge on any atom is 0.263 e. The van der Waals surface area contributed by atoms with Gasteiger partial charge in [0.05, 0.1) is 22.8 Å². The van der Waals surface area contributed by atoms with Crippen LogP contribution in [0, 0.1) is 11.2 Å². The number of imide groups is 1. The molecule has 1 saturated carbocycles. The maximum atomic E-state index is 16.6. The summed E-state index contributed by atoms with van der Waals surface area (Å²) < 4.78 is 23.1. The largest absolute Gasteiger partial charge is 0.384 e. The molecule has 2 aliphatic rings. The summed E-state index contributed by atoms with van der Waals surface area (Å²) in [7, 11) is 0. The maximum absolute atomic E-state index is 16.6. The zero-order valence-electron chi connectivity index (χ0n) is 20.6. The van der Waals surface area contributed by atoms with Crippen LogP contribution in [0.3, 0.4) is 0 Å². The summed E-state index contributed by atoms with van der Waals surface area (Å²) in [6, 6.07) is 12.8. The van der Waals surface area contributed by atoms with E-state index in [1.54, 1.807) is 36.4 Å². The number of hydrogen-bond acceptors (Lipinski definition) is 6. The number of hydrogen-bond donors (Lipinski definition) is 2. The molecule has 2 unspecified atom stereocenters. The first-order chi connectivity index (χ1) is 18.1. The molecule has 0 radical (unpaired) electrons. The number of halogens is 3. The highest BCUT2D eigenvalue weighted by Gasteiger charge is 2.58.